The van der Waals surface area contributed by atoms with Crippen LogP contribution in [0.15, 0.2) is 35.5 Å². The fourth-order valence-corrected chi connectivity index (χ4v) is 2.15. The van der Waals surface area contributed by atoms with E-state index in [0.717, 1.165) is 17.7 Å². The molecule has 0 atom stereocenters. The molecule has 0 heterocycles. The van der Waals surface area contributed by atoms with Crippen LogP contribution in [0.1, 0.15) is 39.7 Å². The summed E-state index contributed by atoms with van der Waals surface area (Å²) in [6.45, 7) is 8.54. The summed E-state index contributed by atoms with van der Waals surface area (Å²) >= 11 is 0. The quantitative estimate of drug-likeness (QED) is 0.815. The van der Waals surface area contributed by atoms with Gasteiger partial charge in [-0.3, -0.25) is 0 Å². The van der Waals surface area contributed by atoms with E-state index in [0.29, 0.717) is 11.4 Å². The Bertz CT molecular complexity index is 530. The van der Waals surface area contributed by atoms with Crippen molar-refractivity contribution >= 4 is 11.4 Å². The van der Waals surface area contributed by atoms with Crippen molar-refractivity contribution in [2.45, 2.75) is 34.1 Å². The van der Waals surface area contributed by atoms with Crippen molar-refractivity contribution in [3.63, 3.8) is 0 Å². The van der Waals surface area contributed by atoms with Crippen molar-refractivity contribution in [2.75, 3.05) is 19.9 Å². The van der Waals surface area contributed by atoms with Crippen molar-refractivity contribution in [1.29, 1.82) is 0 Å². The number of methoxy groups -OCH3 is 1. The number of nitrogens with two attached hydrogens (primary N) is 1. The topological polar surface area (TPSA) is 38.5 Å². The number of ether oxygens (including phenoxy) is 1. The molecule has 3 heteroatoms. The first-order valence-electron chi connectivity index (χ1n) is 6.96. The molecule has 0 fully saturated rings. The van der Waals surface area contributed by atoms with Crippen LogP contribution < -0.4 is 10.5 Å². The second-order valence-corrected chi connectivity index (χ2v) is 4.91. The van der Waals surface area contributed by atoms with E-state index in [4.69, 9.17) is 10.5 Å². The van der Waals surface area contributed by atoms with Gasteiger partial charge in [0.15, 0.2) is 0 Å². The number of hydrogen-bond acceptors (Lipinski definition) is 3. The summed E-state index contributed by atoms with van der Waals surface area (Å²) in [5.74, 6) is 0.712. The van der Waals surface area contributed by atoms with Gasteiger partial charge in [-0.2, -0.15) is 0 Å². The van der Waals surface area contributed by atoms with E-state index in [1.165, 1.54) is 11.3 Å². The Morgan fingerprint density at radius 3 is 2.50 bits per heavy atom. The summed E-state index contributed by atoms with van der Waals surface area (Å²) in [5, 5.41) is 0. The zero-order valence-electron chi connectivity index (χ0n) is 13.4. The second kappa shape index (κ2) is 7.04. The molecule has 20 heavy (non-hydrogen) atoms. The van der Waals surface area contributed by atoms with Gasteiger partial charge in [0.1, 0.15) is 5.75 Å². The molecular formula is C17H26N2O. The van der Waals surface area contributed by atoms with E-state index in [9.17, 15) is 0 Å². The molecule has 0 amide bonds. The molecule has 1 rings (SSSR count). The van der Waals surface area contributed by atoms with Crippen molar-refractivity contribution in [1.82, 2.24) is 4.90 Å². The predicted octanol–water partition coefficient (Wildman–Crippen LogP) is 4.27. The maximum atomic E-state index is 5.88. The molecule has 0 aromatic heterocycles. The van der Waals surface area contributed by atoms with Crippen LogP contribution in [-0.2, 0) is 0 Å². The molecule has 3 nitrogen and oxygen atoms in total. The summed E-state index contributed by atoms with van der Waals surface area (Å²) in [4.78, 5) is 2.21. The summed E-state index contributed by atoms with van der Waals surface area (Å²) in [7, 11) is 3.73. The first kappa shape index (κ1) is 16.2. The minimum Gasteiger partial charge on any atom is -0.495 e. The lowest BCUT2D eigenvalue weighted by atomic mass is 10.1. The van der Waals surface area contributed by atoms with Gasteiger partial charge in [-0.1, -0.05) is 24.6 Å². The van der Waals surface area contributed by atoms with Crippen LogP contribution in [0.5, 0.6) is 5.75 Å². The highest BCUT2D eigenvalue weighted by atomic mass is 16.5. The Kier molecular flexibility index (Phi) is 5.68. The normalized spacial score (nSPS) is 13.0. The van der Waals surface area contributed by atoms with E-state index in [1.54, 1.807) is 7.11 Å². The van der Waals surface area contributed by atoms with Gasteiger partial charge in [0.2, 0.25) is 0 Å². The van der Waals surface area contributed by atoms with Gasteiger partial charge in [0.05, 0.1) is 12.8 Å². The highest BCUT2D eigenvalue weighted by molar-refractivity contribution is 5.69. The van der Waals surface area contributed by atoms with Crippen molar-refractivity contribution in [2.24, 2.45) is 0 Å². The van der Waals surface area contributed by atoms with Crippen LogP contribution in [0.3, 0.4) is 0 Å². The third-order valence-electron chi connectivity index (χ3n) is 3.82. The zero-order chi connectivity index (χ0) is 15.3. The Morgan fingerprint density at radius 2 is 2.00 bits per heavy atom. The Balaban J connectivity index is 3.21. The molecule has 0 radical (unpaired) electrons. The molecule has 0 aliphatic carbocycles. The van der Waals surface area contributed by atoms with Gasteiger partial charge >= 0.3 is 0 Å². The number of nitrogens with zero attached hydrogens (tertiary/aromatic N) is 1. The average Bonchev–Trinajstić information content (AvgIpc) is 2.47. The molecule has 0 spiro atoms. The summed E-state index contributed by atoms with van der Waals surface area (Å²) in [6, 6.07) is 5.89. The fourth-order valence-electron chi connectivity index (χ4n) is 2.15. The monoisotopic (exact) mass is 274 g/mol. The predicted molar refractivity (Wildman–Crippen MR) is 87.5 cm³/mol. The summed E-state index contributed by atoms with van der Waals surface area (Å²) in [5.41, 5.74) is 11.4. The molecule has 2 N–H and O–H groups in total. The smallest absolute Gasteiger partial charge is 0.142 e. The Morgan fingerprint density at radius 1 is 1.35 bits per heavy atom. The molecule has 0 saturated carbocycles. The fraction of sp³-hybridized carbons (Fsp3) is 0.412. The van der Waals surface area contributed by atoms with E-state index in [1.807, 2.05) is 25.1 Å². The van der Waals surface area contributed by atoms with E-state index in [-0.39, 0.29) is 0 Å². The first-order valence-corrected chi connectivity index (χ1v) is 6.96. The minimum absolute atomic E-state index is 0.659. The molecule has 0 unspecified atom stereocenters. The lowest BCUT2D eigenvalue weighted by Crippen LogP contribution is -2.16. The summed E-state index contributed by atoms with van der Waals surface area (Å²) < 4.78 is 5.31. The van der Waals surface area contributed by atoms with Crippen molar-refractivity contribution < 1.29 is 4.74 Å². The third-order valence-corrected chi connectivity index (χ3v) is 3.82. The maximum Gasteiger partial charge on any atom is 0.142 e. The van der Waals surface area contributed by atoms with E-state index >= 15 is 0 Å². The van der Waals surface area contributed by atoms with Crippen LogP contribution in [0.25, 0.3) is 5.70 Å². The largest absolute Gasteiger partial charge is 0.495 e. The molecule has 0 aliphatic heterocycles. The second-order valence-electron chi connectivity index (χ2n) is 4.91. The van der Waals surface area contributed by atoms with Crippen molar-refractivity contribution in [3.8, 4) is 5.75 Å². The molecule has 0 aliphatic rings. The van der Waals surface area contributed by atoms with Gasteiger partial charge in [0, 0.05) is 24.0 Å². The van der Waals surface area contributed by atoms with Gasteiger partial charge in [-0.15, -0.1) is 0 Å². The molecule has 110 valence electrons. The first-order chi connectivity index (χ1) is 9.46. The average molecular weight is 274 g/mol. The zero-order valence-corrected chi connectivity index (χ0v) is 13.4. The number of hydrogen-bond donors (Lipinski definition) is 1. The highest BCUT2D eigenvalue weighted by Gasteiger charge is 2.12. The van der Waals surface area contributed by atoms with E-state index in [2.05, 4.69) is 38.8 Å². The Labute approximate surface area is 122 Å². The number of benzene rings is 1. The van der Waals surface area contributed by atoms with Crippen LogP contribution in [0.2, 0.25) is 0 Å². The lowest BCUT2D eigenvalue weighted by molar-refractivity contribution is 0.416. The molecule has 0 saturated heterocycles. The maximum absolute atomic E-state index is 5.88. The van der Waals surface area contributed by atoms with Crippen LogP contribution in [0.4, 0.5) is 5.69 Å². The van der Waals surface area contributed by atoms with Gasteiger partial charge in [-0.25, -0.2) is 0 Å². The van der Waals surface area contributed by atoms with Gasteiger partial charge < -0.3 is 15.4 Å². The third kappa shape index (κ3) is 3.35. The highest BCUT2D eigenvalue weighted by Crippen LogP contribution is 2.29. The number of allylic oxidation sites excluding steroid dienone is 3. The number of anilines is 1. The van der Waals surface area contributed by atoms with Crippen molar-refractivity contribution in [3.05, 3.63) is 41.1 Å². The summed E-state index contributed by atoms with van der Waals surface area (Å²) in [6.07, 6.45) is 3.16. The van der Waals surface area contributed by atoms with Crippen LogP contribution in [0, 0.1) is 0 Å². The van der Waals surface area contributed by atoms with Gasteiger partial charge in [0.25, 0.3) is 0 Å². The molecule has 1 aromatic carbocycles. The molecule has 1 aromatic rings. The number of nitrogen functional groups attached to an aromatic ring is 1. The minimum atomic E-state index is 0.659. The Hall–Kier alpha value is -1.90. The van der Waals surface area contributed by atoms with E-state index < -0.39 is 0 Å². The standard InChI is InChI=1S/C17H26N2O/c1-7-12(3)13(4)19(5)16(8-2)14-9-10-15(18)17(11-14)20-6/h8-11H,7,18H2,1-6H3/b13-12?,16-8-. The molecular weight excluding hydrogens is 248 g/mol. The number of rotatable bonds is 5. The van der Waals surface area contributed by atoms with Crippen LogP contribution in [-0.4, -0.2) is 19.1 Å². The SMILES string of the molecule is C/C=C(/c1ccc(N)c(OC)c1)N(C)C(C)=C(C)CC. The molecule has 0 bridgehead atoms. The van der Waals surface area contributed by atoms with Crippen LogP contribution >= 0.6 is 0 Å². The lowest BCUT2D eigenvalue weighted by Gasteiger charge is -2.26. The van der Waals surface area contributed by atoms with Gasteiger partial charge in [-0.05, 0) is 39.3 Å².